The third-order valence-electron chi connectivity index (χ3n) is 3.53. The largest absolute Gasteiger partial charge is 0.484 e. The number of hydrogen-bond donors (Lipinski definition) is 1. The average molecular weight is 273 g/mol. The molecule has 1 aliphatic heterocycles. The lowest BCUT2D eigenvalue weighted by Crippen LogP contribution is -2.12. The second-order valence-electron chi connectivity index (χ2n) is 4.97. The van der Waals surface area contributed by atoms with Gasteiger partial charge in [-0.25, -0.2) is 0 Å². The van der Waals surface area contributed by atoms with E-state index in [-0.39, 0.29) is 6.04 Å². The van der Waals surface area contributed by atoms with E-state index in [1.54, 1.807) is 0 Å². The number of nitrogens with one attached hydrogen (secondary N) is 1. The van der Waals surface area contributed by atoms with Crippen LogP contribution in [0.1, 0.15) is 43.2 Å². The minimum absolute atomic E-state index is 0.208. The summed E-state index contributed by atoms with van der Waals surface area (Å²) in [6.07, 6.45) is 3.24. The van der Waals surface area contributed by atoms with Crippen molar-refractivity contribution in [2.24, 2.45) is 0 Å². The zero-order valence-corrected chi connectivity index (χ0v) is 11.6. The molecule has 1 aliphatic rings. The Morgan fingerprint density at radius 3 is 2.85 bits per heavy atom. The first-order valence-corrected chi connectivity index (χ1v) is 7.12. The van der Waals surface area contributed by atoms with Gasteiger partial charge in [0.1, 0.15) is 5.75 Å². The van der Waals surface area contributed by atoms with Crippen molar-refractivity contribution in [3.05, 3.63) is 41.6 Å². The molecule has 1 atom stereocenters. The fourth-order valence-corrected chi connectivity index (χ4v) is 2.33. The van der Waals surface area contributed by atoms with Crippen molar-refractivity contribution in [3.63, 3.8) is 0 Å². The number of ether oxygens (including phenoxy) is 1. The number of nitrogens with zero attached hydrogens (tertiary/aromatic N) is 2. The highest BCUT2D eigenvalue weighted by atomic mass is 16.5. The maximum absolute atomic E-state index is 5.65. The highest BCUT2D eigenvalue weighted by molar-refractivity contribution is 5.27. The van der Waals surface area contributed by atoms with E-state index >= 15 is 0 Å². The molecule has 0 amide bonds. The molecule has 106 valence electrons. The number of rotatable bonds is 5. The Bertz CT molecular complexity index is 545. The van der Waals surface area contributed by atoms with Crippen molar-refractivity contribution >= 4 is 0 Å². The van der Waals surface area contributed by atoms with Crippen LogP contribution in [0.2, 0.25) is 0 Å². The van der Waals surface area contributed by atoms with E-state index in [4.69, 9.17) is 9.15 Å². The lowest BCUT2D eigenvalue weighted by atomic mass is 10.2. The predicted molar refractivity (Wildman–Crippen MR) is 74.4 cm³/mol. The van der Waals surface area contributed by atoms with Crippen LogP contribution in [0.3, 0.4) is 0 Å². The maximum atomic E-state index is 5.65. The van der Waals surface area contributed by atoms with E-state index < -0.39 is 0 Å². The molecule has 1 aromatic carbocycles. The summed E-state index contributed by atoms with van der Waals surface area (Å²) in [5, 5.41) is 11.4. The zero-order valence-electron chi connectivity index (χ0n) is 11.6. The SMILES string of the molecule is CCc1ccc(OCc2nnc(C3CCCN3)o2)cc1. The Labute approximate surface area is 118 Å². The molecular weight excluding hydrogens is 254 g/mol. The van der Waals surface area contributed by atoms with Crippen LogP contribution in [0.5, 0.6) is 5.75 Å². The van der Waals surface area contributed by atoms with Gasteiger partial charge < -0.3 is 14.5 Å². The Hall–Kier alpha value is -1.88. The van der Waals surface area contributed by atoms with Crippen LogP contribution >= 0.6 is 0 Å². The van der Waals surface area contributed by atoms with Gasteiger partial charge in [0, 0.05) is 0 Å². The van der Waals surface area contributed by atoms with E-state index in [9.17, 15) is 0 Å². The van der Waals surface area contributed by atoms with E-state index in [1.165, 1.54) is 5.56 Å². The lowest BCUT2D eigenvalue weighted by molar-refractivity contribution is 0.255. The van der Waals surface area contributed by atoms with Gasteiger partial charge in [-0.15, -0.1) is 10.2 Å². The Morgan fingerprint density at radius 2 is 2.15 bits per heavy atom. The zero-order chi connectivity index (χ0) is 13.8. The summed E-state index contributed by atoms with van der Waals surface area (Å²) in [6, 6.07) is 8.28. The molecule has 2 aromatic rings. The Kier molecular flexibility index (Phi) is 3.97. The van der Waals surface area contributed by atoms with Crippen molar-refractivity contribution in [1.82, 2.24) is 15.5 Å². The first-order chi connectivity index (χ1) is 9.85. The van der Waals surface area contributed by atoms with E-state index in [0.717, 1.165) is 31.6 Å². The quantitative estimate of drug-likeness (QED) is 0.907. The van der Waals surface area contributed by atoms with Crippen LogP contribution in [0, 0.1) is 0 Å². The molecule has 0 radical (unpaired) electrons. The molecule has 1 aromatic heterocycles. The average Bonchev–Trinajstić information content (AvgIpc) is 3.16. The highest BCUT2D eigenvalue weighted by Gasteiger charge is 2.22. The molecule has 1 fully saturated rings. The molecule has 20 heavy (non-hydrogen) atoms. The summed E-state index contributed by atoms with van der Waals surface area (Å²) >= 11 is 0. The van der Waals surface area contributed by atoms with Crippen LogP contribution in [0.25, 0.3) is 0 Å². The predicted octanol–water partition coefficient (Wildman–Crippen LogP) is 2.64. The van der Waals surface area contributed by atoms with Crippen LogP contribution in [-0.2, 0) is 13.0 Å². The van der Waals surface area contributed by atoms with Crippen LogP contribution in [0.4, 0.5) is 0 Å². The number of aryl methyl sites for hydroxylation is 1. The van der Waals surface area contributed by atoms with Gasteiger partial charge >= 0.3 is 0 Å². The third kappa shape index (κ3) is 2.99. The lowest BCUT2D eigenvalue weighted by Gasteiger charge is -2.04. The van der Waals surface area contributed by atoms with Crippen LogP contribution in [0.15, 0.2) is 28.7 Å². The standard InChI is InChI=1S/C15H19N3O2/c1-2-11-5-7-12(8-6-11)19-10-14-17-18-15(20-14)13-4-3-9-16-13/h5-8,13,16H,2-4,9-10H2,1H3. The smallest absolute Gasteiger partial charge is 0.253 e. The van der Waals surface area contributed by atoms with Crippen molar-refractivity contribution in [2.45, 2.75) is 38.8 Å². The van der Waals surface area contributed by atoms with Crippen molar-refractivity contribution in [2.75, 3.05) is 6.54 Å². The van der Waals surface area contributed by atoms with Gasteiger partial charge in [0.05, 0.1) is 6.04 Å². The molecular formula is C15H19N3O2. The molecule has 5 heteroatoms. The molecule has 3 rings (SSSR count). The molecule has 1 unspecified atom stereocenters. The first-order valence-electron chi connectivity index (χ1n) is 7.12. The van der Waals surface area contributed by atoms with Crippen LogP contribution in [-0.4, -0.2) is 16.7 Å². The maximum Gasteiger partial charge on any atom is 0.253 e. The summed E-state index contributed by atoms with van der Waals surface area (Å²) in [7, 11) is 0. The molecule has 0 aliphatic carbocycles. The highest BCUT2D eigenvalue weighted by Crippen LogP contribution is 2.22. The molecule has 1 N–H and O–H groups in total. The summed E-state index contributed by atoms with van der Waals surface area (Å²) in [6.45, 7) is 3.46. The topological polar surface area (TPSA) is 60.2 Å². The monoisotopic (exact) mass is 273 g/mol. The van der Waals surface area contributed by atoms with Gasteiger partial charge in [-0.05, 0) is 43.5 Å². The van der Waals surface area contributed by atoms with E-state index in [1.807, 2.05) is 12.1 Å². The number of aromatic nitrogens is 2. The van der Waals surface area contributed by atoms with Gasteiger partial charge in [0.25, 0.3) is 5.89 Å². The Morgan fingerprint density at radius 1 is 1.30 bits per heavy atom. The first kappa shape index (κ1) is 13.1. The summed E-state index contributed by atoms with van der Waals surface area (Å²) in [5.41, 5.74) is 1.30. The minimum Gasteiger partial charge on any atom is -0.484 e. The van der Waals surface area contributed by atoms with Crippen molar-refractivity contribution < 1.29 is 9.15 Å². The normalized spacial score (nSPS) is 18.4. The summed E-state index contributed by atoms with van der Waals surface area (Å²) in [4.78, 5) is 0. The molecule has 0 saturated carbocycles. The van der Waals surface area contributed by atoms with Gasteiger partial charge in [0.2, 0.25) is 5.89 Å². The molecule has 0 bridgehead atoms. The van der Waals surface area contributed by atoms with Crippen LogP contribution < -0.4 is 10.1 Å². The Balaban J connectivity index is 1.57. The van der Waals surface area contributed by atoms with Crippen molar-refractivity contribution in [3.8, 4) is 5.75 Å². The second-order valence-corrected chi connectivity index (χ2v) is 4.97. The van der Waals surface area contributed by atoms with Gasteiger partial charge in [-0.2, -0.15) is 0 Å². The molecule has 2 heterocycles. The van der Waals surface area contributed by atoms with Gasteiger partial charge in [-0.1, -0.05) is 19.1 Å². The van der Waals surface area contributed by atoms with Gasteiger partial charge in [0.15, 0.2) is 6.61 Å². The molecule has 0 spiro atoms. The number of benzene rings is 1. The van der Waals surface area contributed by atoms with Gasteiger partial charge in [-0.3, -0.25) is 0 Å². The second kappa shape index (κ2) is 6.05. The molecule has 1 saturated heterocycles. The third-order valence-corrected chi connectivity index (χ3v) is 3.53. The fraction of sp³-hybridized carbons (Fsp3) is 0.467. The van der Waals surface area contributed by atoms with E-state index in [2.05, 4.69) is 34.6 Å². The summed E-state index contributed by atoms with van der Waals surface area (Å²) in [5.74, 6) is 2.01. The minimum atomic E-state index is 0.208. The fourth-order valence-electron chi connectivity index (χ4n) is 2.33. The summed E-state index contributed by atoms with van der Waals surface area (Å²) < 4.78 is 11.3. The van der Waals surface area contributed by atoms with Crippen molar-refractivity contribution in [1.29, 1.82) is 0 Å². The molecule has 5 nitrogen and oxygen atoms in total. The number of hydrogen-bond acceptors (Lipinski definition) is 5. The van der Waals surface area contributed by atoms with E-state index in [0.29, 0.717) is 18.4 Å².